The fourth-order valence-electron chi connectivity index (χ4n) is 3.13. The predicted octanol–water partition coefficient (Wildman–Crippen LogP) is 4.84. The minimum Gasteiger partial charge on any atom is -0.449 e. The zero-order chi connectivity index (χ0) is 20.2. The molecule has 0 spiro atoms. The number of nitrogens with one attached hydrogen (secondary N) is 1. The second-order valence-electron chi connectivity index (χ2n) is 5.98. The molecule has 0 aromatic heterocycles. The summed E-state index contributed by atoms with van der Waals surface area (Å²) in [5.41, 5.74) is 2.32. The van der Waals surface area contributed by atoms with Crippen LogP contribution in [0.5, 0.6) is 0 Å². The molecule has 1 N–H and O–H groups in total. The first kappa shape index (κ1) is 23.0. The van der Waals surface area contributed by atoms with Crippen LogP contribution in [0, 0.1) is 5.92 Å². The van der Waals surface area contributed by atoms with Gasteiger partial charge in [-0.25, -0.2) is 4.79 Å². The highest BCUT2D eigenvalue weighted by Gasteiger charge is 2.37. The minimum atomic E-state index is -1.61. The number of carbonyl (C=O) groups is 2. The highest BCUT2D eigenvalue weighted by atomic mass is 32.2. The summed E-state index contributed by atoms with van der Waals surface area (Å²) in [6.45, 7) is 7.49. The quantitative estimate of drug-likeness (QED) is 0.532. The summed E-state index contributed by atoms with van der Waals surface area (Å²) in [5.74, 6) is 1.52. The molecule has 0 radical (unpaired) electrons. The number of hydrogen-bond donors (Lipinski definition) is 1. The van der Waals surface area contributed by atoms with E-state index in [-0.39, 0.29) is 24.4 Å². The van der Waals surface area contributed by atoms with Gasteiger partial charge in [0.15, 0.2) is 0 Å². The van der Waals surface area contributed by atoms with E-state index in [9.17, 15) is 14.0 Å². The second kappa shape index (κ2) is 12.3. The zero-order valence-corrected chi connectivity index (χ0v) is 16.9. The molecule has 1 aromatic rings. The fourth-order valence-corrected chi connectivity index (χ4v) is 3.13. The van der Waals surface area contributed by atoms with E-state index in [2.05, 4.69) is 37.2 Å². The Balaban J connectivity index is 0.000000828. The number of halogens is 1. The molecule has 6 heteroatoms. The van der Waals surface area contributed by atoms with E-state index in [0.29, 0.717) is 0 Å². The van der Waals surface area contributed by atoms with Gasteiger partial charge in [0.1, 0.15) is 13.2 Å². The molecule has 3 unspecified atom stereocenters. The molecular formula is C21H28FNO3S. The van der Waals surface area contributed by atoms with Gasteiger partial charge in [0.25, 0.3) is 0 Å². The Morgan fingerprint density at radius 1 is 1.33 bits per heavy atom. The van der Waals surface area contributed by atoms with E-state index in [4.69, 9.17) is 4.74 Å². The second-order valence-corrected chi connectivity index (χ2v) is 7.14. The highest BCUT2D eigenvalue weighted by molar-refractivity contribution is 7.98. The Labute approximate surface area is 165 Å². The number of hydrogen-bond acceptors (Lipinski definition) is 4. The first-order valence-electron chi connectivity index (χ1n) is 8.92. The van der Waals surface area contributed by atoms with E-state index >= 15 is 0 Å². The van der Waals surface area contributed by atoms with E-state index in [1.807, 2.05) is 49.0 Å². The molecule has 27 heavy (non-hydrogen) atoms. The van der Waals surface area contributed by atoms with Crippen LogP contribution in [0.3, 0.4) is 0 Å². The van der Waals surface area contributed by atoms with Crippen LogP contribution in [0.1, 0.15) is 36.8 Å². The van der Waals surface area contributed by atoms with Crippen LogP contribution in [0.2, 0.25) is 0 Å². The first-order valence-corrected chi connectivity index (χ1v) is 10.3. The summed E-state index contributed by atoms with van der Waals surface area (Å²) in [6.07, 6.45) is 7.29. The Kier molecular flexibility index (Phi) is 10.5. The van der Waals surface area contributed by atoms with Crippen molar-refractivity contribution in [3.8, 4) is 0 Å². The normalized spacial score (nSPS) is 20.4. The monoisotopic (exact) mass is 393 g/mol. The first-order chi connectivity index (χ1) is 13.0. The van der Waals surface area contributed by atoms with Gasteiger partial charge in [0.05, 0.1) is 0 Å². The number of rotatable bonds is 7. The van der Waals surface area contributed by atoms with Crippen LogP contribution >= 0.6 is 11.8 Å². The predicted molar refractivity (Wildman–Crippen MR) is 110 cm³/mol. The number of thioether (sulfide) groups is 1. The van der Waals surface area contributed by atoms with Gasteiger partial charge in [-0.3, -0.25) is 4.79 Å². The molecule has 1 aromatic carbocycles. The maximum Gasteiger partial charge on any atom is 0.407 e. The van der Waals surface area contributed by atoms with Gasteiger partial charge in [-0.15, -0.1) is 6.58 Å². The molecule has 0 aliphatic heterocycles. The number of fused-ring (bicyclic) bond motifs is 1. The van der Waals surface area contributed by atoms with Crippen molar-refractivity contribution in [2.24, 2.45) is 5.92 Å². The molecule has 0 bridgehead atoms. The number of ether oxygens (including phenoxy) is 1. The smallest absolute Gasteiger partial charge is 0.407 e. The van der Waals surface area contributed by atoms with Gasteiger partial charge in [-0.1, -0.05) is 49.4 Å². The van der Waals surface area contributed by atoms with Gasteiger partial charge >= 0.3 is 12.1 Å². The summed E-state index contributed by atoms with van der Waals surface area (Å²) < 4.78 is 17.3. The summed E-state index contributed by atoms with van der Waals surface area (Å²) in [5, 5.41) is 2.07. The molecule has 2 rings (SSSR count). The van der Waals surface area contributed by atoms with Crippen LogP contribution in [0.4, 0.5) is 9.18 Å². The van der Waals surface area contributed by atoms with Gasteiger partial charge in [0, 0.05) is 11.8 Å². The number of alkyl carbamates (subject to hydrolysis) is 1. The summed E-state index contributed by atoms with van der Waals surface area (Å²) in [4.78, 5) is 21.8. The van der Waals surface area contributed by atoms with Crippen LogP contribution in [0.15, 0.2) is 49.1 Å². The van der Waals surface area contributed by atoms with Crippen molar-refractivity contribution in [3.05, 3.63) is 60.2 Å². The number of benzene rings is 1. The van der Waals surface area contributed by atoms with Gasteiger partial charge < -0.3 is 10.1 Å². The third-order valence-electron chi connectivity index (χ3n) is 4.36. The van der Waals surface area contributed by atoms with Crippen LogP contribution in [0.25, 0.3) is 0 Å². The highest BCUT2D eigenvalue weighted by Crippen LogP contribution is 2.47. The summed E-state index contributed by atoms with van der Waals surface area (Å²) in [6, 6.07) is 6.42. The standard InChI is InChI=1S/C18H20FNO3.C3H8S/c1-3-7-13-12(4-2)16(15-9-6-5-8-14(13)15)11-23-18(22)20-10-17(19)21;1-3-4-2/h3-9,12-13,16H,2,10-11H2,1H3,(H,20,22);3H2,1-2H3/b7-3-;. The van der Waals surface area contributed by atoms with E-state index < -0.39 is 18.7 Å². The van der Waals surface area contributed by atoms with Crippen molar-refractivity contribution in [2.75, 3.05) is 25.2 Å². The lowest BCUT2D eigenvalue weighted by Crippen LogP contribution is -2.30. The number of allylic oxidation sites excluding steroid dienone is 3. The van der Waals surface area contributed by atoms with Gasteiger partial charge in [0.2, 0.25) is 0 Å². The molecule has 1 aliphatic carbocycles. The molecule has 3 atom stereocenters. The van der Waals surface area contributed by atoms with Crippen molar-refractivity contribution in [3.63, 3.8) is 0 Å². The third kappa shape index (κ3) is 6.86. The molecule has 0 heterocycles. The lowest BCUT2D eigenvalue weighted by molar-refractivity contribution is -0.128. The van der Waals surface area contributed by atoms with Crippen molar-refractivity contribution < 1.29 is 18.7 Å². The van der Waals surface area contributed by atoms with E-state index in [1.54, 1.807) is 0 Å². The number of amides is 1. The van der Waals surface area contributed by atoms with E-state index in [0.717, 1.165) is 5.56 Å². The molecule has 1 amide bonds. The van der Waals surface area contributed by atoms with Crippen molar-refractivity contribution in [2.45, 2.75) is 25.7 Å². The molecule has 1 aliphatic rings. The Bertz CT molecular complexity index is 661. The van der Waals surface area contributed by atoms with Crippen molar-refractivity contribution in [1.82, 2.24) is 5.32 Å². The third-order valence-corrected chi connectivity index (χ3v) is 4.94. The summed E-state index contributed by atoms with van der Waals surface area (Å²) >= 11 is 1.86. The summed E-state index contributed by atoms with van der Waals surface area (Å²) in [7, 11) is 0. The maximum atomic E-state index is 12.1. The molecule has 0 saturated carbocycles. The average molecular weight is 394 g/mol. The maximum absolute atomic E-state index is 12.1. The van der Waals surface area contributed by atoms with E-state index in [1.165, 1.54) is 11.3 Å². The molecule has 148 valence electrons. The Morgan fingerprint density at radius 3 is 2.48 bits per heavy atom. The van der Waals surface area contributed by atoms with Crippen LogP contribution in [-0.2, 0) is 9.53 Å². The minimum absolute atomic E-state index is 0.0169. The molecule has 4 nitrogen and oxygen atoms in total. The van der Waals surface area contributed by atoms with Gasteiger partial charge in [-0.2, -0.15) is 16.2 Å². The van der Waals surface area contributed by atoms with Crippen LogP contribution < -0.4 is 5.32 Å². The molecule has 0 fully saturated rings. The SMILES string of the molecule is C=CC1C(/C=C\C)c2ccccc2C1COC(=O)NCC(=O)F.CCSC. The fraction of sp³-hybridized carbons (Fsp3) is 0.429. The molecular weight excluding hydrogens is 365 g/mol. The average Bonchev–Trinajstić information content (AvgIpc) is 2.98. The largest absolute Gasteiger partial charge is 0.449 e. The van der Waals surface area contributed by atoms with Crippen molar-refractivity contribution in [1.29, 1.82) is 0 Å². The molecule has 0 saturated heterocycles. The lowest BCUT2D eigenvalue weighted by Gasteiger charge is -2.20. The number of carbonyl (C=O) groups excluding carboxylic acids is 2. The van der Waals surface area contributed by atoms with Crippen molar-refractivity contribution >= 4 is 23.9 Å². The van der Waals surface area contributed by atoms with Gasteiger partial charge in [-0.05, 0) is 36.0 Å². The Hall–Kier alpha value is -2.08. The topological polar surface area (TPSA) is 55.4 Å². The Morgan fingerprint density at radius 2 is 1.96 bits per heavy atom. The lowest BCUT2D eigenvalue weighted by atomic mass is 9.87. The van der Waals surface area contributed by atoms with Crippen LogP contribution in [-0.4, -0.2) is 37.3 Å². The zero-order valence-electron chi connectivity index (χ0n) is 16.1.